The summed E-state index contributed by atoms with van der Waals surface area (Å²) in [6.45, 7) is 3.91. The second-order valence-electron chi connectivity index (χ2n) is 7.90. The number of nitrogens with zero attached hydrogens (tertiary/aromatic N) is 3. The summed E-state index contributed by atoms with van der Waals surface area (Å²) in [5.41, 5.74) is 3.25. The lowest BCUT2D eigenvalue weighted by Gasteiger charge is -2.22. The molecule has 0 radical (unpaired) electrons. The quantitative estimate of drug-likeness (QED) is 0.640. The van der Waals surface area contributed by atoms with E-state index >= 15 is 0 Å². The Kier molecular flexibility index (Phi) is 6.10. The van der Waals surface area contributed by atoms with Crippen molar-refractivity contribution in [2.24, 2.45) is 0 Å². The van der Waals surface area contributed by atoms with Crippen LogP contribution in [-0.2, 0) is 17.8 Å². The molecule has 1 N–H and O–H groups in total. The molecule has 7 nitrogen and oxygen atoms in total. The van der Waals surface area contributed by atoms with Gasteiger partial charge in [-0.15, -0.1) is 0 Å². The summed E-state index contributed by atoms with van der Waals surface area (Å²) in [6.07, 6.45) is 0.795. The fourth-order valence-corrected chi connectivity index (χ4v) is 4.00. The van der Waals surface area contributed by atoms with Crippen molar-refractivity contribution in [3.63, 3.8) is 0 Å². The number of hydrogen-bond donors (Lipinski definition) is 1. The maximum Gasteiger partial charge on any atom is 0.278 e. The summed E-state index contributed by atoms with van der Waals surface area (Å²) in [4.78, 5) is 39.5. The molecular weight excluding hydrogens is 428 g/mol. The highest BCUT2D eigenvalue weighted by Crippen LogP contribution is 2.32. The molecule has 2 aromatic carbocycles. The first-order valence-corrected chi connectivity index (χ1v) is 10.8. The Hall–Kier alpha value is -3.45. The van der Waals surface area contributed by atoms with E-state index in [-0.39, 0.29) is 42.1 Å². The maximum atomic E-state index is 13.2. The number of halogens is 1. The van der Waals surface area contributed by atoms with Crippen molar-refractivity contribution in [2.45, 2.75) is 39.3 Å². The van der Waals surface area contributed by atoms with Gasteiger partial charge in [-0.25, -0.2) is 4.68 Å². The fraction of sp³-hybridized carbons (Fsp3) is 0.250. The second kappa shape index (κ2) is 8.96. The van der Waals surface area contributed by atoms with Crippen molar-refractivity contribution in [3.05, 3.63) is 86.8 Å². The normalized spacial score (nSPS) is 14.8. The van der Waals surface area contributed by atoms with Crippen molar-refractivity contribution >= 4 is 34.8 Å². The van der Waals surface area contributed by atoms with Crippen molar-refractivity contribution in [3.8, 4) is 0 Å². The van der Waals surface area contributed by atoms with E-state index in [1.165, 1.54) is 12.1 Å². The minimum atomic E-state index is -0.373. The van der Waals surface area contributed by atoms with Gasteiger partial charge in [0.05, 0.1) is 6.54 Å². The molecule has 0 spiro atoms. The van der Waals surface area contributed by atoms with Crippen LogP contribution in [-0.4, -0.2) is 27.6 Å². The number of para-hydroxylation sites is 1. The Labute approximate surface area is 190 Å². The molecule has 0 bridgehead atoms. The number of carbonyl (C=O) groups is 2. The van der Waals surface area contributed by atoms with E-state index in [9.17, 15) is 14.4 Å². The Morgan fingerprint density at radius 1 is 1.16 bits per heavy atom. The summed E-state index contributed by atoms with van der Waals surface area (Å²) in [6, 6.07) is 15.8. The molecule has 8 heteroatoms. The lowest BCUT2D eigenvalue weighted by atomic mass is 10.1. The van der Waals surface area contributed by atoms with E-state index in [4.69, 9.17) is 11.6 Å². The highest BCUT2D eigenvalue weighted by Gasteiger charge is 2.32. The van der Waals surface area contributed by atoms with Gasteiger partial charge in [0.1, 0.15) is 5.69 Å². The van der Waals surface area contributed by atoms with E-state index in [1.807, 2.05) is 44.2 Å². The van der Waals surface area contributed by atoms with Crippen LogP contribution in [0.4, 0.5) is 11.4 Å². The molecule has 0 unspecified atom stereocenters. The lowest BCUT2D eigenvalue weighted by molar-refractivity contribution is -0.116. The van der Waals surface area contributed by atoms with Crippen molar-refractivity contribution in [2.75, 3.05) is 10.2 Å². The largest absolute Gasteiger partial charge is 0.326 e. The number of aromatic nitrogens is 2. The average Bonchev–Trinajstić information content (AvgIpc) is 3.11. The van der Waals surface area contributed by atoms with Crippen molar-refractivity contribution < 1.29 is 9.59 Å². The maximum absolute atomic E-state index is 13.2. The number of hydrogen-bond acceptors (Lipinski definition) is 4. The molecule has 164 valence electrons. The van der Waals surface area contributed by atoms with Crippen LogP contribution in [0.15, 0.2) is 59.4 Å². The van der Waals surface area contributed by atoms with Gasteiger partial charge in [-0.2, -0.15) is 5.10 Å². The van der Waals surface area contributed by atoms with Gasteiger partial charge in [0, 0.05) is 34.9 Å². The third-order valence-corrected chi connectivity index (χ3v) is 5.93. The SMILES string of the molecule is Cc1ccc(NC(=O)CCn2nc(C(=O)N3c4ccccc4C[C@H]3C)ccc2=O)cc1Cl. The molecule has 2 heterocycles. The summed E-state index contributed by atoms with van der Waals surface area (Å²) < 4.78 is 1.15. The van der Waals surface area contributed by atoms with Gasteiger partial charge in [0.15, 0.2) is 0 Å². The molecule has 0 saturated heterocycles. The van der Waals surface area contributed by atoms with Gasteiger partial charge in [0.25, 0.3) is 11.5 Å². The zero-order valence-electron chi connectivity index (χ0n) is 17.8. The summed E-state index contributed by atoms with van der Waals surface area (Å²) in [7, 11) is 0. The van der Waals surface area contributed by atoms with E-state index in [1.54, 1.807) is 17.0 Å². The highest BCUT2D eigenvalue weighted by atomic mass is 35.5. The first-order valence-electron chi connectivity index (χ1n) is 10.4. The predicted octanol–water partition coefficient (Wildman–Crippen LogP) is 3.83. The van der Waals surface area contributed by atoms with Gasteiger partial charge in [-0.1, -0.05) is 35.9 Å². The fourth-order valence-electron chi connectivity index (χ4n) is 3.82. The van der Waals surface area contributed by atoms with Crippen LogP contribution in [0.25, 0.3) is 0 Å². The van der Waals surface area contributed by atoms with Gasteiger partial charge in [-0.05, 0) is 55.7 Å². The highest BCUT2D eigenvalue weighted by molar-refractivity contribution is 6.31. The number of benzene rings is 2. The number of fused-ring (bicyclic) bond motifs is 1. The third kappa shape index (κ3) is 4.43. The molecule has 1 atom stereocenters. The second-order valence-corrected chi connectivity index (χ2v) is 8.31. The number of nitrogens with one attached hydrogen (secondary N) is 1. The van der Waals surface area contributed by atoms with E-state index in [0.29, 0.717) is 10.7 Å². The standard InChI is InChI=1S/C24H23ClN4O3/c1-15-7-8-18(14-19(15)25)26-22(30)11-12-28-23(31)10-9-20(27-28)24(32)29-16(2)13-17-5-3-4-6-21(17)29/h3-10,14,16H,11-13H2,1-2H3,(H,26,30)/t16-/m1/s1. The van der Waals surface area contributed by atoms with Gasteiger partial charge < -0.3 is 10.2 Å². The monoisotopic (exact) mass is 450 g/mol. The van der Waals surface area contributed by atoms with E-state index in [2.05, 4.69) is 10.4 Å². The topological polar surface area (TPSA) is 84.3 Å². The Morgan fingerprint density at radius 2 is 1.94 bits per heavy atom. The molecule has 0 aliphatic carbocycles. The molecule has 1 aromatic heterocycles. The number of anilines is 2. The third-order valence-electron chi connectivity index (χ3n) is 5.52. The Bertz CT molecular complexity index is 1250. The van der Waals surface area contributed by atoms with Gasteiger partial charge >= 0.3 is 0 Å². The van der Waals surface area contributed by atoms with E-state index < -0.39 is 0 Å². The molecule has 3 aromatic rings. The van der Waals surface area contributed by atoms with Crippen LogP contribution in [0.2, 0.25) is 5.02 Å². The lowest BCUT2D eigenvalue weighted by Crippen LogP contribution is -2.37. The summed E-state index contributed by atoms with van der Waals surface area (Å²) in [5, 5.41) is 7.56. The zero-order chi connectivity index (χ0) is 22.8. The molecule has 2 amide bonds. The summed E-state index contributed by atoms with van der Waals surface area (Å²) >= 11 is 6.09. The molecule has 1 aliphatic heterocycles. The van der Waals surface area contributed by atoms with Crippen LogP contribution < -0.4 is 15.8 Å². The smallest absolute Gasteiger partial charge is 0.278 e. The van der Waals surface area contributed by atoms with E-state index in [0.717, 1.165) is 27.9 Å². The average molecular weight is 451 g/mol. The molecule has 4 rings (SSSR count). The first-order chi connectivity index (χ1) is 15.3. The number of amides is 2. The van der Waals surface area contributed by atoms with Crippen LogP contribution >= 0.6 is 11.6 Å². The van der Waals surface area contributed by atoms with Crippen LogP contribution in [0, 0.1) is 6.92 Å². The Balaban J connectivity index is 1.47. The first kappa shape index (κ1) is 21.8. The summed E-state index contributed by atoms with van der Waals surface area (Å²) in [5.74, 6) is -0.549. The Morgan fingerprint density at radius 3 is 2.72 bits per heavy atom. The van der Waals surface area contributed by atoms with Crippen molar-refractivity contribution in [1.29, 1.82) is 0 Å². The minimum Gasteiger partial charge on any atom is -0.326 e. The molecule has 1 aliphatic rings. The van der Waals surface area contributed by atoms with Crippen LogP contribution in [0.1, 0.15) is 35.0 Å². The molecule has 0 saturated carbocycles. The molecule has 32 heavy (non-hydrogen) atoms. The van der Waals surface area contributed by atoms with Gasteiger partial charge in [-0.3, -0.25) is 14.4 Å². The van der Waals surface area contributed by atoms with Gasteiger partial charge in [0.2, 0.25) is 5.91 Å². The van der Waals surface area contributed by atoms with Crippen molar-refractivity contribution in [1.82, 2.24) is 9.78 Å². The minimum absolute atomic E-state index is 0.00538. The molecular formula is C24H23ClN4O3. The zero-order valence-corrected chi connectivity index (χ0v) is 18.6. The molecule has 0 fully saturated rings. The predicted molar refractivity (Wildman–Crippen MR) is 124 cm³/mol. The number of carbonyl (C=O) groups excluding carboxylic acids is 2. The number of rotatable bonds is 5. The van der Waals surface area contributed by atoms with Crippen LogP contribution in [0.5, 0.6) is 0 Å². The van der Waals surface area contributed by atoms with Crippen LogP contribution in [0.3, 0.4) is 0 Å². The number of aryl methyl sites for hydroxylation is 2.